The maximum Gasteiger partial charge on any atom is 0.324 e. The molecule has 0 unspecified atom stereocenters. The van der Waals surface area contributed by atoms with Crippen molar-refractivity contribution in [2.45, 2.75) is 105 Å². The van der Waals surface area contributed by atoms with Crippen LogP contribution in [0.3, 0.4) is 0 Å². The normalized spacial score (nSPS) is 38.1. The van der Waals surface area contributed by atoms with Crippen LogP contribution in [0.4, 0.5) is 0 Å². The van der Waals surface area contributed by atoms with Crippen molar-refractivity contribution in [3.8, 4) is 6.07 Å². The van der Waals surface area contributed by atoms with Gasteiger partial charge in [-0.15, -0.1) is 0 Å². The third-order valence-corrected chi connectivity index (χ3v) is 8.32. The zero-order valence-corrected chi connectivity index (χ0v) is 21.3. The summed E-state index contributed by atoms with van der Waals surface area (Å²) in [5, 5.41) is 9.93. The minimum absolute atomic E-state index is 0.0152. The van der Waals surface area contributed by atoms with Crippen molar-refractivity contribution in [3.05, 3.63) is 0 Å². The number of ether oxygens (including phenoxy) is 3. The minimum atomic E-state index is -1.06. The van der Waals surface area contributed by atoms with Crippen molar-refractivity contribution < 1.29 is 23.8 Å². The van der Waals surface area contributed by atoms with E-state index in [0.717, 1.165) is 32.1 Å². The first-order chi connectivity index (χ1) is 15.6. The van der Waals surface area contributed by atoms with Crippen molar-refractivity contribution in [1.82, 2.24) is 0 Å². The van der Waals surface area contributed by atoms with Gasteiger partial charge in [0.1, 0.15) is 6.10 Å². The molecule has 0 bridgehead atoms. The van der Waals surface area contributed by atoms with Gasteiger partial charge in [-0.25, -0.2) is 0 Å². The molecule has 1 heterocycles. The van der Waals surface area contributed by atoms with E-state index in [1.807, 2.05) is 0 Å². The third-order valence-electron chi connectivity index (χ3n) is 8.32. The number of cyclic esters (lactones) is 1. The lowest BCUT2D eigenvalue weighted by molar-refractivity contribution is -0.202. The molecule has 0 aromatic carbocycles. The predicted molar refractivity (Wildman–Crippen MR) is 125 cm³/mol. The number of rotatable bonds is 7. The highest BCUT2D eigenvalue weighted by atomic mass is 16.7. The molecule has 0 aromatic heterocycles. The number of nitriles is 1. The molecule has 3 aliphatic rings. The van der Waals surface area contributed by atoms with E-state index >= 15 is 0 Å². The molecule has 0 N–H and O–H groups in total. The van der Waals surface area contributed by atoms with Crippen LogP contribution in [0.15, 0.2) is 0 Å². The summed E-state index contributed by atoms with van der Waals surface area (Å²) in [5.74, 6) is -0.0570. The Bertz CT molecular complexity index is 729. The molecule has 1 saturated heterocycles. The van der Waals surface area contributed by atoms with Crippen molar-refractivity contribution >= 4 is 11.9 Å². The van der Waals surface area contributed by atoms with Crippen LogP contribution < -0.4 is 0 Å². The van der Waals surface area contributed by atoms with Crippen molar-refractivity contribution in [1.29, 1.82) is 5.26 Å². The van der Waals surface area contributed by atoms with E-state index in [4.69, 9.17) is 14.2 Å². The number of hydrogen-bond acceptors (Lipinski definition) is 6. The second-order valence-corrected chi connectivity index (χ2v) is 11.6. The number of carbonyl (C=O) groups is 2. The molecule has 0 radical (unpaired) electrons. The van der Waals surface area contributed by atoms with Gasteiger partial charge in [-0.05, 0) is 61.2 Å². The van der Waals surface area contributed by atoms with Gasteiger partial charge in [0.25, 0.3) is 0 Å². The van der Waals surface area contributed by atoms with Crippen LogP contribution in [0.25, 0.3) is 0 Å². The number of hydrogen-bond donors (Lipinski definition) is 0. The molecule has 6 nitrogen and oxygen atoms in total. The van der Waals surface area contributed by atoms with Gasteiger partial charge in [0.2, 0.25) is 6.29 Å². The Balaban J connectivity index is 1.72. The van der Waals surface area contributed by atoms with Crippen molar-refractivity contribution in [2.75, 3.05) is 0 Å². The molecule has 3 fully saturated rings. The van der Waals surface area contributed by atoms with E-state index in [2.05, 4.69) is 47.6 Å². The average Bonchev–Trinajstić information content (AvgIpc) is 3.07. The SMILES string of the molecule is CC(C)[C@@H]1CC[C@@H](C)C[C@H]1OC(=O)[C@H](C#N)[C@@H]1CC(=O)O[C@H]1O[C@@H]1C[C@H](C)CC[C@H]1C(C)C. The molecule has 2 aliphatic carbocycles. The van der Waals surface area contributed by atoms with Crippen LogP contribution in [0, 0.1) is 58.7 Å². The summed E-state index contributed by atoms with van der Waals surface area (Å²) in [6.45, 7) is 13.1. The quantitative estimate of drug-likeness (QED) is 0.466. The highest BCUT2D eigenvalue weighted by molar-refractivity contribution is 5.79. The standard InChI is InChI=1S/C27H43NO5/c1-15(2)19-9-7-17(5)11-23(19)31-26(30)22(14-28)21-13-25(29)33-27(21)32-24-12-18(6)8-10-20(24)16(3)4/h15-24,27H,7-13H2,1-6H3/t17-,18-,19+,20+,21+,22-,23-,24-,27-/m1/s1. The van der Waals surface area contributed by atoms with E-state index in [9.17, 15) is 14.9 Å². The molecule has 1 aliphatic heterocycles. The second-order valence-electron chi connectivity index (χ2n) is 11.6. The highest BCUT2D eigenvalue weighted by Crippen LogP contribution is 2.40. The molecule has 186 valence electrons. The van der Waals surface area contributed by atoms with Crippen LogP contribution in [0.5, 0.6) is 0 Å². The van der Waals surface area contributed by atoms with Gasteiger partial charge in [-0.3, -0.25) is 9.59 Å². The zero-order chi connectivity index (χ0) is 24.3. The first-order valence-corrected chi connectivity index (χ1v) is 13.1. The fourth-order valence-electron chi connectivity index (χ4n) is 6.20. The lowest BCUT2D eigenvalue weighted by Gasteiger charge is -2.39. The molecule has 9 atom stereocenters. The van der Waals surface area contributed by atoms with Crippen LogP contribution in [0.1, 0.15) is 86.5 Å². The van der Waals surface area contributed by atoms with Crippen molar-refractivity contribution in [2.24, 2.45) is 47.3 Å². The summed E-state index contributed by atoms with van der Waals surface area (Å²) in [5.41, 5.74) is 0. The lowest BCUT2D eigenvalue weighted by Crippen LogP contribution is -2.42. The molecule has 0 aromatic rings. The lowest BCUT2D eigenvalue weighted by atomic mass is 9.75. The van der Waals surface area contributed by atoms with Crippen molar-refractivity contribution in [3.63, 3.8) is 0 Å². The fourth-order valence-corrected chi connectivity index (χ4v) is 6.20. The molecular formula is C27H43NO5. The predicted octanol–water partition coefficient (Wildman–Crippen LogP) is 5.50. The molecule has 0 amide bonds. The first kappa shape index (κ1) is 26.0. The van der Waals surface area contributed by atoms with Gasteiger partial charge in [-0.1, -0.05) is 54.4 Å². The van der Waals surface area contributed by atoms with E-state index in [-0.39, 0.29) is 18.6 Å². The van der Waals surface area contributed by atoms with Crippen LogP contribution in [-0.4, -0.2) is 30.4 Å². The molecule has 6 heteroatoms. The topological polar surface area (TPSA) is 85.6 Å². The molecule has 0 spiro atoms. The Morgan fingerprint density at radius 2 is 1.48 bits per heavy atom. The Morgan fingerprint density at radius 1 is 0.939 bits per heavy atom. The Hall–Kier alpha value is -1.61. The van der Waals surface area contributed by atoms with Gasteiger partial charge in [0.15, 0.2) is 5.92 Å². The summed E-state index contributed by atoms with van der Waals surface area (Å²) in [7, 11) is 0. The maximum absolute atomic E-state index is 13.2. The largest absolute Gasteiger partial charge is 0.461 e. The Labute approximate surface area is 199 Å². The van der Waals surface area contributed by atoms with Gasteiger partial charge < -0.3 is 14.2 Å². The number of esters is 2. The number of carbonyl (C=O) groups excluding carboxylic acids is 2. The summed E-state index contributed by atoms with van der Waals surface area (Å²) in [4.78, 5) is 25.4. The summed E-state index contributed by atoms with van der Waals surface area (Å²) in [6.07, 6.45) is 5.07. The summed E-state index contributed by atoms with van der Waals surface area (Å²) in [6, 6.07) is 2.13. The monoisotopic (exact) mass is 461 g/mol. The van der Waals surface area contributed by atoms with Crippen LogP contribution in [0.2, 0.25) is 0 Å². The highest BCUT2D eigenvalue weighted by Gasteiger charge is 2.48. The third kappa shape index (κ3) is 6.29. The smallest absolute Gasteiger partial charge is 0.324 e. The first-order valence-electron chi connectivity index (χ1n) is 13.1. The van der Waals surface area contributed by atoms with E-state index in [1.54, 1.807) is 0 Å². The molecule has 2 saturated carbocycles. The Kier molecular flexibility index (Phi) is 8.83. The molecule has 33 heavy (non-hydrogen) atoms. The average molecular weight is 462 g/mol. The maximum atomic E-state index is 13.2. The Morgan fingerprint density at radius 3 is 2.03 bits per heavy atom. The minimum Gasteiger partial charge on any atom is -0.461 e. The molecule has 3 rings (SSSR count). The van der Waals surface area contributed by atoms with Gasteiger partial charge in [0, 0.05) is 0 Å². The van der Waals surface area contributed by atoms with E-state index < -0.39 is 30.1 Å². The van der Waals surface area contributed by atoms with E-state index in [1.165, 1.54) is 6.42 Å². The number of nitrogens with zero attached hydrogens (tertiary/aromatic N) is 1. The van der Waals surface area contributed by atoms with Gasteiger partial charge >= 0.3 is 11.9 Å². The van der Waals surface area contributed by atoms with Gasteiger partial charge in [-0.2, -0.15) is 5.26 Å². The summed E-state index contributed by atoms with van der Waals surface area (Å²) >= 11 is 0. The molecular weight excluding hydrogens is 418 g/mol. The van der Waals surface area contributed by atoms with Crippen LogP contribution in [-0.2, 0) is 23.8 Å². The fraction of sp³-hybridized carbons (Fsp3) is 0.889. The summed E-state index contributed by atoms with van der Waals surface area (Å²) < 4.78 is 17.9. The second kappa shape index (κ2) is 11.2. The van der Waals surface area contributed by atoms with Crippen LogP contribution >= 0.6 is 0 Å². The van der Waals surface area contributed by atoms with Gasteiger partial charge in [0.05, 0.1) is 24.5 Å². The zero-order valence-electron chi connectivity index (χ0n) is 21.3. The van der Waals surface area contributed by atoms with E-state index in [0.29, 0.717) is 35.5 Å².